The SMILES string of the molecule is C.CCOC(=O)c1nn(Cc2ccccc2F)c2ncccc12.NC(=O)c1nn(Cc2ccccc2F)c2ncccc12. The number of primary amides is 1. The van der Waals surface area contributed by atoms with Crippen molar-refractivity contribution in [2.75, 3.05) is 6.61 Å². The lowest BCUT2D eigenvalue weighted by molar-refractivity contribution is 0.0520. The number of esters is 1. The molecule has 6 rings (SSSR count). The van der Waals surface area contributed by atoms with Gasteiger partial charge in [-0.1, -0.05) is 43.8 Å². The first kappa shape index (κ1) is 30.4. The van der Waals surface area contributed by atoms with Crippen molar-refractivity contribution in [1.82, 2.24) is 29.5 Å². The Balaban J connectivity index is 0.000000193. The van der Waals surface area contributed by atoms with Gasteiger partial charge in [-0.3, -0.25) is 4.79 Å². The lowest BCUT2D eigenvalue weighted by Gasteiger charge is -2.04. The number of benzene rings is 2. The van der Waals surface area contributed by atoms with Gasteiger partial charge >= 0.3 is 5.97 Å². The quantitative estimate of drug-likeness (QED) is 0.257. The van der Waals surface area contributed by atoms with Crippen LogP contribution in [0.3, 0.4) is 0 Å². The van der Waals surface area contributed by atoms with Crippen LogP contribution >= 0.6 is 0 Å². The van der Waals surface area contributed by atoms with E-state index in [0.29, 0.717) is 33.2 Å². The van der Waals surface area contributed by atoms with Gasteiger partial charge in [0.05, 0.1) is 30.5 Å². The number of pyridine rings is 2. The number of hydrogen-bond acceptors (Lipinski definition) is 7. The summed E-state index contributed by atoms with van der Waals surface area (Å²) in [5, 5.41) is 9.56. The monoisotopic (exact) mass is 585 g/mol. The third-order valence-electron chi connectivity index (χ3n) is 6.27. The predicted molar refractivity (Wildman–Crippen MR) is 157 cm³/mol. The summed E-state index contributed by atoms with van der Waals surface area (Å²) in [4.78, 5) is 31.8. The summed E-state index contributed by atoms with van der Waals surface area (Å²) >= 11 is 0. The zero-order valence-corrected chi connectivity index (χ0v) is 22.4. The van der Waals surface area contributed by atoms with E-state index < -0.39 is 11.9 Å². The van der Waals surface area contributed by atoms with E-state index >= 15 is 0 Å². The molecule has 0 spiro atoms. The number of hydrogen-bond donors (Lipinski definition) is 1. The highest BCUT2D eigenvalue weighted by Gasteiger charge is 2.20. The van der Waals surface area contributed by atoms with Crippen molar-refractivity contribution in [2.24, 2.45) is 5.73 Å². The van der Waals surface area contributed by atoms with Crippen LogP contribution in [0.1, 0.15) is 46.5 Å². The third kappa shape index (κ3) is 6.53. The van der Waals surface area contributed by atoms with Crippen LogP contribution in [0.25, 0.3) is 22.1 Å². The van der Waals surface area contributed by atoms with Crippen LogP contribution in [-0.4, -0.2) is 48.0 Å². The molecule has 4 aromatic heterocycles. The van der Waals surface area contributed by atoms with Gasteiger partial charge in [-0.25, -0.2) is 32.9 Å². The number of halogens is 2. The maximum Gasteiger partial charge on any atom is 0.359 e. The number of fused-ring (bicyclic) bond motifs is 2. The van der Waals surface area contributed by atoms with Crippen molar-refractivity contribution in [3.63, 3.8) is 0 Å². The van der Waals surface area contributed by atoms with Crippen LogP contribution in [0.2, 0.25) is 0 Å². The summed E-state index contributed by atoms with van der Waals surface area (Å²) in [7, 11) is 0. The van der Waals surface area contributed by atoms with E-state index in [9.17, 15) is 18.4 Å². The molecule has 0 fully saturated rings. The van der Waals surface area contributed by atoms with Crippen LogP contribution in [0.15, 0.2) is 85.2 Å². The number of nitrogens with zero attached hydrogens (tertiary/aromatic N) is 6. The second-order valence-electron chi connectivity index (χ2n) is 9.03. The van der Waals surface area contributed by atoms with Gasteiger partial charge < -0.3 is 10.5 Å². The summed E-state index contributed by atoms with van der Waals surface area (Å²) < 4.78 is 35.5. The molecule has 10 nitrogen and oxygen atoms in total. The molecule has 0 radical (unpaired) electrons. The fourth-order valence-corrected chi connectivity index (χ4v) is 4.35. The number of rotatable bonds is 7. The maximum absolute atomic E-state index is 13.8. The Kier molecular flexibility index (Phi) is 9.51. The summed E-state index contributed by atoms with van der Waals surface area (Å²) in [6, 6.07) is 19.7. The molecule has 6 aromatic rings. The number of aromatic nitrogens is 6. The molecule has 0 aliphatic rings. The molecule has 0 unspecified atom stereocenters. The van der Waals surface area contributed by atoms with Crippen LogP contribution in [0, 0.1) is 11.6 Å². The molecule has 220 valence electrons. The lowest BCUT2D eigenvalue weighted by atomic mass is 10.2. The van der Waals surface area contributed by atoms with Gasteiger partial charge in [0.15, 0.2) is 22.7 Å². The van der Waals surface area contributed by atoms with E-state index in [1.807, 2.05) is 0 Å². The van der Waals surface area contributed by atoms with Crippen LogP contribution < -0.4 is 5.73 Å². The molecule has 43 heavy (non-hydrogen) atoms. The highest BCUT2D eigenvalue weighted by molar-refractivity contribution is 6.03. The van der Waals surface area contributed by atoms with Gasteiger partial charge in [-0.05, 0) is 43.3 Å². The van der Waals surface area contributed by atoms with Crippen LogP contribution in [-0.2, 0) is 17.8 Å². The zero-order valence-electron chi connectivity index (χ0n) is 22.4. The Labute approximate surface area is 245 Å². The smallest absolute Gasteiger partial charge is 0.359 e. The number of carbonyl (C=O) groups is 2. The Bertz CT molecular complexity index is 1900. The van der Waals surface area contributed by atoms with E-state index in [1.54, 1.807) is 80.0 Å². The zero-order chi connectivity index (χ0) is 29.6. The number of amides is 1. The molecule has 0 aliphatic heterocycles. The predicted octanol–water partition coefficient (Wildman–Crippen LogP) is 5.15. The molecule has 0 saturated heterocycles. The van der Waals surface area contributed by atoms with Crippen molar-refractivity contribution in [1.29, 1.82) is 0 Å². The average Bonchev–Trinajstić information content (AvgIpc) is 3.55. The summed E-state index contributed by atoms with van der Waals surface area (Å²) in [6.07, 6.45) is 3.20. The third-order valence-corrected chi connectivity index (χ3v) is 6.27. The van der Waals surface area contributed by atoms with Crippen molar-refractivity contribution >= 4 is 33.9 Å². The standard InChI is InChI=1S/C16H14FN3O2.C14H11FN4O.CH4/c1-2-22-16(21)14-12-7-5-9-18-15(12)20(19-14)10-11-6-3-4-8-13(11)17;15-11-6-2-1-4-9(11)8-19-14-10(5-3-7-17-14)12(18-19)13(16)20;/h3-9H,2,10H2,1H3;1-7H,8H2,(H2,16,20);1H4. The molecular weight excluding hydrogens is 556 g/mol. The second-order valence-corrected chi connectivity index (χ2v) is 9.03. The Hall–Kier alpha value is -5.52. The Morgan fingerprint density at radius 3 is 1.67 bits per heavy atom. The molecular formula is C31H29F2N7O3. The number of nitrogens with two attached hydrogens (primary N) is 1. The fraction of sp³-hybridized carbons (Fsp3) is 0.161. The Morgan fingerprint density at radius 1 is 0.744 bits per heavy atom. The first-order valence-electron chi connectivity index (χ1n) is 12.9. The summed E-state index contributed by atoms with van der Waals surface area (Å²) in [5.41, 5.74) is 7.62. The molecule has 2 aromatic carbocycles. The van der Waals surface area contributed by atoms with E-state index in [1.165, 1.54) is 21.5 Å². The van der Waals surface area contributed by atoms with E-state index in [4.69, 9.17) is 10.5 Å². The fourth-order valence-electron chi connectivity index (χ4n) is 4.35. The second kappa shape index (κ2) is 13.4. The highest BCUT2D eigenvalue weighted by Crippen LogP contribution is 2.20. The van der Waals surface area contributed by atoms with E-state index in [2.05, 4.69) is 20.2 Å². The van der Waals surface area contributed by atoms with Crippen LogP contribution in [0.5, 0.6) is 0 Å². The van der Waals surface area contributed by atoms with Gasteiger partial charge in [0, 0.05) is 23.5 Å². The minimum absolute atomic E-state index is 0. The molecule has 0 bridgehead atoms. The molecule has 2 N–H and O–H groups in total. The van der Waals surface area contributed by atoms with Crippen molar-refractivity contribution in [2.45, 2.75) is 27.4 Å². The molecule has 1 amide bonds. The van der Waals surface area contributed by atoms with E-state index in [0.717, 1.165) is 0 Å². The molecule has 4 heterocycles. The molecule has 0 saturated carbocycles. The molecule has 0 aliphatic carbocycles. The van der Waals surface area contributed by atoms with Crippen molar-refractivity contribution in [3.8, 4) is 0 Å². The van der Waals surface area contributed by atoms with E-state index in [-0.39, 0.29) is 50.1 Å². The van der Waals surface area contributed by atoms with Gasteiger partial charge in [-0.15, -0.1) is 0 Å². The average molecular weight is 586 g/mol. The highest BCUT2D eigenvalue weighted by atomic mass is 19.1. The minimum atomic E-state index is -0.629. The van der Waals surface area contributed by atoms with Gasteiger partial charge in [0.2, 0.25) is 0 Å². The normalized spacial score (nSPS) is 10.6. The lowest BCUT2D eigenvalue weighted by Crippen LogP contribution is -2.13. The topological polar surface area (TPSA) is 131 Å². The summed E-state index contributed by atoms with van der Waals surface area (Å²) in [6.45, 7) is 2.38. The largest absolute Gasteiger partial charge is 0.461 e. The number of ether oxygens (including phenoxy) is 1. The Morgan fingerprint density at radius 2 is 1.21 bits per heavy atom. The van der Waals surface area contributed by atoms with Crippen molar-refractivity contribution < 1.29 is 23.1 Å². The first-order chi connectivity index (χ1) is 20.4. The molecule has 0 atom stereocenters. The number of carbonyl (C=O) groups excluding carboxylic acids is 2. The van der Waals surface area contributed by atoms with Crippen molar-refractivity contribution in [3.05, 3.63) is 119 Å². The van der Waals surface area contributed by atoms with Gasteiger partial charge in [0.25, 0.3) is 5.91 Å². The summed E-state index contributed by atoms with van der Waals surface area (Å²) in [5.74, 6) is -1.78. The van der Waals surface area contributed by atoms with Crippen LogP contribution in [0.4, 0.5) is 8.78 Å². The first-order valence-corrected chi connectivity index (χ1v) is 12.9. The maximum atomic E-state index is 13.8. The van der Waals surface area contributed by atoms with Gasteiger partial charge in [0.1, 0.15) is 11.6 Å². The van der Waals surface area contributed by atoms with Gasteiger partial charge in [-0.2, -0.15) is 10.2 Å². The molecule has 12 heteroatoms. The minimum Gasteiger partial charge on any atom is -0.461 e.